The van der Waals surface area contributed by atoms with Gasteiger partial charge in [-0.3, -0.25) is 9.52 Å². The molecular formula is C20H20FN3O5S2. The van der Waals surface area contributed by atoms with Crippen LogP contribution in [0.5, 0.6) is 11.5 Å². The van der Waals surface area contributed by atoms with Gasteiger partial charge >= 0.3 is 0 Å². The van der Waals surface area contributed by atoms with Gasteiger partial charge in [0.2, 0.25) is 5.91 Å². The summed E-state index contributed by atoms with van der Waals surface area (Å²) >= 11 is 1.10. The molecule has 0 saturated carbocycles. The normalized spacial score (nSPS) is 11.1. The van der Waals surface area contributed by atoms with Gasteiger partial charge in [0.25, 0.3) is 10.0 Å². The van der Waals surface area contributed by atoms with Gasteiger partial charge in [-0.15, -0.1) is 11.3 Å². The van der Waals surface area contributed by atoms with Crippen LogP contribution >= 0.6 is 11.3 Å². The van der Waals surface area contributed by atoms with Crippen LogP contribution in [0.4, 0.5) is 15.2 Å². The molecule has 31 heavy (non-hydrogen) atoms. The highest BCUT2D eigenvalue weighted by molar-refractivity contribution is 7.93. The van der Waals surface area contributed by atoms with Gasteiger partial charge < -0.3 is 14.8 Å². The Morgan fingerprint density at radius 3 is 2.55 bits per heavy atom. The molecule has 0 aliphatic carbocycles. The van der Waals surface area contributed by atoms with Gasteiger partial charge in [0.15, 0.2) is 5.13 Å². The number of hydrogen-bond donors (Lipinski definition) is 2. The number of halogens is 1. The average molecular weight is 466 g/mol. The molecule has 3 aromatic rings. The van der Waals surface area contributed by atoms with Crippen molar-refractivity contribution < 1.29 is 27.1 Å². The summed E-state index contributed by atoms with van der Waals surface area (Å²) in [6.45, 7) is 0. The summed E-state index contributed by atoms with van der Waals surface area (Å²) in [6, 6.07) is 9.53. The number of carbonyl (C=O) groups is 1. The molecule has 164 valence electrons. The van der Waals surface area contributed by atoms with E-state index in [4.69, 9.17) is 9.47 Å². The number of aromatic nitrogens is 1. The lowest BCUT2D eigenvalue weighted by molar-refractivity contribution is -0.116. The first-order chi connectivity index (χ1) is 14.8. The average Bonchev–Trinajstić information content (AvgIpc) is 3.19. The van der Waals surface area contributed by atoms with Crippen LogP contribution in [0.2, 0.25) is 0 Å². The van der Waals surface area contributed by atoms with Crippen LogP contribution in [-0.2, 0) is 21.2 Å². The molecule has 0 aliphatic rings. The number of anilines is 2. The summed E-state index contributed by atoms with van der Waals surface area (Å²) < 4.78 is 50.4. The van der Waals surface area contributed by atoms with E-state index in [2.05, 4.69) is 15.0 Å². The van der Waals surface area contributed by atoms with E-state index in [1.807, 2.05) is 0 Å². The molecule has 8 nitrogen and oxygen atoms in total. The van der Waals surface area contributed by atoms with Gasteiger partial charge in [0.1, 0.15) is 17.3 Å². The van der Waals surface area contributed by atoms with Gasteiger partial charge in [-0.1, -0.05) is 0 Å². The summed E-state index contributed by atoms with van der Waals surface area (Å²) in [5.41, 5.74) is 1.08. The highest BCUT2D eigenvalue weighted by Crippen LogP contribution is 2.29. The fraction of sp³-hybridized carbons (Fsp3) is 0.200. The van der Waals surface area contributed by atoms with E-state index >= 15 is 0 Å². The minimum Gasteiger partial charge on any atom is -0.497 e. The Hall–Kier alpha value is -3.18. The lowest BCUT2D eigenvalue weighted by Gasteiger charge is -2.11. The quantitative estimate of drug-likeness (QED) is 0.499. The second-order valence-electron chi connectivity index (χ2n) is 6.32. The van der Waals surface area contributed by atoms with Crippen LogP contribution in [0.15, 0.2) is 52.7 Å². The van der Waals surface area contributed by atoms with Crippen molar-refractivity contribution in [3.8, 4) is 11.5 Å². The molecular weight excluding hydrogens is 445 g/mol. The molecule has 0 atom stereocenters. The van der Waals surface area contributed by atoms with Crippen molar-refractivity contribution in [1.82, 2.24) is 4.98 Å². The molecule has 2 aromatic carbocycles. The molecule has 0 aliphatic heterocycles. The lowest BCUT2D eigenvalue weighted by atomic mass is 10.2. The first kappa shape index (κ1) is 22.5. The number of hydrogen-bond acceptors (Lipinski definition) is 7. The molecule has 11 heteroatoms. The van der Waals surface area contributed by atoms with Crippen molar-refractivity contribution in [2.45, 2.75) is 17.7 Å². The monoisotopic (exact) mass is 465 g/mol. The Morgan fingerprint density at radius 2 is 1.87 bits per heavy atom. The zero-order chi connectivity index (χ0) is 22.4. The third kappa shape index (κ3) is 5.92. The van der Waals surface area contributed by atoms with Crippen LogP contribution < -0.4 is 19.5 Å². The number of methoxy groups -OCH3 is 2. The molecule has 3 rings (SSSR count). The molecule has 2 N–H and O–H groups in total. The molecule has 0 bridgehead atoms. The Morgan fingerprint density at radius 1 is 1.13 bits per heavy atom. The summed E-state index contributed by atoms with van der Waals surface area (Å²) in [5, 5.41) is 4.60. The lowest BCUT2D eigenvalue weighted by Crippen LogP contribution is -2.14. The topological polar surface area (TPSA) is 107 Å². The van der Waals surface area contributed by atoms with E-state index in [0.29, 0.717) is 29.3 Å². The predicted octanol–water partition coefficient (Wildman–Crippen LogP) is 3.67. The van der Waals surface area contributed by atoms with E-state index in [9.17, 15) is 17.6 Å². The number of nitrogens with zero attached hydrogens (tertiary/aromatic N) is 1. The molecule has 0 fully saturated rings. The Bertz CT molecular complexity index is 1160. The van der Waals surface area contributed by atoms with Crippen molar-refractivity contribution in [2.24, 2.45) is 0 Å². The third-order valence-corrected chi connectivity index (χ3v) is 6.48. The van der Waals surface area contributed by atoms with E-state index in [0.717, 1.165) is 23.5 Å². The van der Waals surface area contributed by atoms with E-state index in [1.54, 1.807) is 23.6 Å². The summed E-state index contributed by atoms with van der Waals surface area (Å²) in [5.74, 6) is 0.303. The molecule has 0 unspecified atom stereocenters. The highest BCUT2D eigenvalue weighted by atomic mass is 32.2. The second-order valence-corrected chi connectivity index (χ2v) is 8.86. The number of sulfonamides is 1. The van der Waals surface area contributed by atoms with Crippen LogP contribution in [0.1, 0.15) is 12.1 Å². The maximum absolute atomic E-state index is 13.0. The highest BCUT2D eigenvalue weighted by Gasteiger charge is 2.17. The smallest absolute Gasteiger partial charge is 0.263 e. The van der Waals surface area contributed by atoms with Gasteiger partial charge in [0.05, 0.1) is 30.5 Å². The van der Waals surface area contributed by atoms with Crippen LogP contribution in [0, 0.1) is 5.82 Å². The molecule has 0 spiro atoms. The van der Waals surface area contributed by atoms with Crippen LogP contribution in [-0.4, -0.2) is 33.5 Å². The second kappa shape index (κ2) is 9.75. The maximum atomic E-state index is 13.0. The number of amides is 1. The minimum absolute atomic E-state index is 0.0709. The van der Waals surface area contributed by atoms with Gasteiger partial charge in [-0.05, 0) is 42.8 Å². The van der Waals surface area contributed by atoms with Crippen LogP contribution in [0.3, 0.4) is 0 Å². The van der Waals surface area contributed by atoms with Crippen molar-refractivity contribution in [1.29, 1.82) is 0 Å². The molecule has 0 saturated heterocycles. The van der Waals surface area contributed by atoms with Crippen molar-refractivity contribution in [2.75, 3.05) is 24.3 Å². The van der Waals surface area contributed by atoms with E-state index in [-0.39, 0.29) is 22.4 Å². The molecule has 1 heterocycles. The van der Waals surface area contributed by atoms with Gasteiger partial charge in [0, 0.05) is 17.9 Å². The Balaban J connectivity index is 1.58. The minimum atomic E-state index is -3.87. The number of benzene rings is 2. The largest absolute Gasteiger partial charge is 0.497 e. The number of carbonyl (C=O) groups excluding carboxylic acids is 1. The molecule has 1 amide bonds. The van der Waals surface area contributed by atoms with E-state index < -0.39 is 15.8 Å². The number of ether oxygens (including phenoxy) is 2. The zero-order valence-corrected chi connectivity index (χ0v) is 18.3. The van der Waals surface area contributed by atoms with Gasteiger partial charge in [-0.25, -0.2) is 17.8 Å². The molecule has 0 radical (unpaired) electrons. The van der Waals surface area contributed by atoms with E-state index in [1.165, 1.54) is 26.4 Å². The number of thiazole rings is 1. The summed E-state index contributed by atoms with van der Waals surface area (Å²) in [6.07, 6.45) is 0.460. The third-order valence-electron chi connectivity index (χ3n) is 4.19. The van der Waals surface area contributed by atoms with Crippen molar-refractivity contribution >= 4 is 38.1 Å². The van der Waals surface area contributed by atoms with Crippen LogP contribution in [0.25, 0.3) is 0 Å². The first-order valence-electron chi connectivity index (χ1n) is 9.05. The Kier molecular flexibility index (Phi) is 7.08. The predicted molar refractivity (Wildman–Crippen MR) is 116 cm³/mol. The van der Waals surface area contributed by atoms with Crippen molar-refractivity contribution in [3.05, 3.63) is 59.4 Å². The number of aryl methyl sites for hydroxylation is 1. The zero-order valence-electron chi connectivity index (χ0n) is 16.7. The first-order valence-corrected chi connectivity index (χ1v) is 11.4. The summed E-state index contributed by atoms with van der Waals surface area (Å²) in [7, 11) is -0.843. The SMILES string of the molecule is COc1ccc(NC(=O)CCc2csc(NS(=O)(=O)c3ccc(F)cc3)n2)c(OC)c1. The Labute approximate surface area is 183 Å². The number of nitrogens with one attached hydrogen (secondary N) is 2. The summed E-state index contributed by atoms with van der Waals surface area (Å²) in [4.78, 5) is 16.4. The standard InChI is InChI=1S/C20H20FN3O5S2/c1-28-15-6-9-17(18(11-15)29-2)23-19(25)10-5-14-12-30-20(22-14)24-31(26,27)16-7-3-13(21)4-8-16/h3-4,6-9,11-12H,5,10H2,1-2H3,(H,22,24)(H,23,25). The van der Waals surface area contributed by atoms with Crippen molar-refractivity contribution in [3.63, 3.8) is 0 Å². The number of rotatable bonds is 9. The fourth-order valence-electron chi connectivity index (χ4n) is 2.61. The molecule has 1 aromatic heterocycles. The van der Waals surface area contributed by atoms with Gasteiger partial charge in [-0.2, -0.15) is 0 Å². The fourth-order valence-corrected chi connectivity index (χ4v) is 4.61. The maximum Gasteiger partial charge on any atom is 0.263 e.